The first-order valence-corrected chi connectivity index (χ1v) is 8.99. The monoisotopic (exact) mass is 363 g/mol. The Morgan fingerprint density at radius 3 is 2.15 bits per heavy atom. The Balaban J connectivity index is 2.45. The molecule has 0 saturated carbocycles. The van der Waals surface area contributed by atoms with E-state index in [0.717, 1.165) is 35.2 Å². The first-order valence-electron chi connectivity index (χ1n) is 8.99. The van der Waals surface area contributed by atoms with E-state index < -0.39 is 11.9 Å². The Morgan fingerprint density at radius 1 is 1.00 bits per heavy atom. The average Bonchev–Trinajstić information content (AvgIpc) is 2.50. The summed E-state index contributed by atoms with van der Waals surface area (Å²) in [5.41, 5.74) is 3.98. The molecule has 0 spiro atoms. The highest BCUT2D eigenvalue weighted by Gasteiger charge is 2.17. The van der Waals surface area contributed by atoms with Crippen molar-refractivity contribution in [2.24, 2.45) is 0 Å². The summed E-state index contributed by atoms with van der Waals surface area (Å²) in [5.74, 6) is -0.579. The molecule has 0 bridgehead atoms. The van der Waals surface area contributed by atoms with Crippen LogP contribution in [0.1, 0.15) is 36.5 Å². The zero-order chi connectivity index (χ0) is 19.7. The molecular weight excluding hydrogens is 332 g/mol. The van der Waals surface area contributed by atoms with Crippen LogP contribution < -0.4 is 20.9 Å². The fourth-order valence-corrected chi connectivity index (χ4v) is 2.77. The minimum absolute atomic E-state index is 0.0421. The number of benzene rings is 1. The van der Waals surface area contributed by atoms with Gasteiger partial charge in [-0.2, -0.15) is 0 Å². The number of unbranched alkanes of at least 4 members (excludes halogenated alkanes) is 1. The zero-order valence-electron chi connectivity index (χ0n) is 16.4. The number of aryl methyl sites for hydroxylation is 3. The van der Waals surface area contributed by atoms with Gasteiger partial charge >= 0.3 is 6.03 Å². The molecule has 7 heteroatoms. The maximum absolute atomic E-state index is 12.2. The van der Waals surface area contributed by atoms with Crippen LogP contribution >= 0.6 is 0 Å². The van der Waals surface area contributed by atoms with Crippen LogP contribution in [0.25, 0.3) is 0 Å². The Labute approximate surface area is 155 Å². The predicted octanol–water partition coefficient (Wildman–Crippen LogP) is 0.691. The van der Waals surface area contributed by atoms with E-state index >= 15 is 0 Å². The van der Waals surface area contributed by atoms with Gasteiger partial charge in [-0.25, -0.2) is 4.79 Å². The van der Waals surface area contributed by atoms with Crippen molar-refractivity contribution in [3.63, 3.8) is 0 Å². The third kappa shape index (κ3) is 7.65. The zero-order valence-corrected chi connectivity index (χ0v) is 16.4. The SMILES string of the molecule is CCCCNC(=O)NC(=O)C[NH+](C)CC(=O)Nc1c(C)cc(C)cc1C. The van der Waals surface area contributed by atoms with E-state index in [2.05, 4.69) is 16.0 Å². The fraction of sp³-hybridized carbons (Fsp3) is 0.526. The first kappa shape index (κ1) is 21.6. The van der Waals surface area contributed by atoms with Gasteiger partial charge in [0, 0.05) is 12.2 Å². The van der Waals surface area contributed by atoms with Gasteiger partial charge in [0.2, 0.25) is 0 Å². The molecule has 7 nitrogen and oxygen atoms in total. The van der Waals surface area contributed by atoms with Crippen molar-refractivity contribution in [2.45, 2.75) is 40.5 Å². The Morgan fingerprint density at radius 2 is 1.58 bits per heavy atom. The Bertz CT molecular complexity index is 635. The summed E-state index contributed by atoms with van der Waals surface area (Å²) < 4.78 is 0. The number of amides is 4. The van der Waals surface area contributed by atoms with Crippen LogP contribution in [0.5, 0.6) is 0 Å². The minimum Gasteiger partial charge on any atom is -0.338 e. The smallest absolute Gasteiger partial charge is 0.321 e. The normalized spacial score (nSPS) is 11.6. The molecule has 0 aliphatic rings. The standard InChI is InChI=1S/C19H30N4O3/c1-6-7-8-20-19(26)22-17(25)12-23(5)11-16(24)21-18-14(3)9-13(2)10-15(18)4/h9-10H,6-8,11-12H2,1-5H3,(H,21,24)(H2,20,22,25,26)/p+1. The summed E-state index contributed by atoms with van der Waals surface area (Å²) in [6.07, 6.45) is 1.83. The molecule has 0 aromatic heterocycles. The molecule has 1 aromatic rings. The Hall–Kier alpha value is -2.41. The largest absolute Gasteiger partial charge is 0.338 e. The topological polar surface area (TPSA) is 91.7 Å². The molecule has 4 amide bonds. The van der Waals surface area contributed by atoms with Crippen molar-refractivity contribution in [3.05, 3.63) is 28.8 Å². The summed E-state index contributed by atoms with van der Waals surface area (Å²) in [6, 6.07) is 3.54. The third-order valence-electron chi connectivity index (χ3n) is 3.93. The van der Waals surface area contributed by atoms with Gasteiger partial charge in [-0.05, 0) is 38.3 Å². The lowest BCUT2D eigenvalue weighted by Crippen LogP contribution is -3.11. The van der Waals surface area contributed by atoms with E-state index in [1.54, 1.807) is 7.05 Å². The first-order chi connectivity index (χ1) is 12.2. The lowest BCUT2D eigenvalue weighted by atomic mass is 10.1. The number of imide groups is 1. The lowest BCUT2D eigenvalue weighted by molar-refractivity contribution is -0.862. The second kappa shape index (κ2) is 10.6. The molecule has 1 atom stereocenters. The number of likely N-dealkylation sites (N-methyl/N-ethyl adjacent to an activating group) is 1. The van der Waals surface area contributed by atoms with E-state index in [0.29, 0.717) is 11.4 Å². The molecule has 1 rings (SSSR count). The van der Waals surface area contributed by atoms with Crippen LogP contribution in [0.15, 0.2) is 12.1 Å². The van der Waals surface area contributed by atoms with Gasteiger partial charge in [0.1, 0.15) is 0 Å². The van der Waals surface area contributed by atoms with Gasteiger partial charge < -0.3 is 15.5 Å². The second-order valence-corrected chi connectivity index (χ2v) is 6.79. The fourth-order valence-electron chi connectivity index (χ4n) is 2.77. The maximum Gasteiger partial charge on any atom is 0.321 e. The van der Waals surface area contributed by atoms with Crippen molar-refractivity contribution >= 4 is 23.5 Å². The van der Waals surface area contributed by atoms with Gasteiger partial charge in [0.15, 0.2) is 13.1 Å². The highest BCUT2D eigenvalue weighted by molar-refractivity contribution is 5.95. The predicted molar refractivity (Wildman–Crippen MR) is 102 cm³/mol. The number of hydrogen-bond donors (Lipinski definition) is 4. The van der Waals surface area contributed by atoms with Gasteiger partial charge in [-0.1, -0.05) is 31.0 Å². The molecule has 0 aliphatic heterocycles. The van der Waals surface area contributed by atoms with E-state index in [4.69, 9.17) is 0 Å². The van der Waals surface area contributed by atoms with E-state index in [-0.39, 0.29) is 19.0 Å². The number of urea groups is 1. The minimum atomic E-state index is -0.494. The van der Waals surface area contributed by atoms with Crippen LogP contribution in [-0.4, -0.2) is 44.5 Å². The molecule has 144 valence electrons. The number of quaternary nitrogens is 1. The van der Waals surface area contributed by atoms with Crippen molar-refractivity contribution in [1.29, 1.82) is 0 Å². The van der Waals surface area contributed by atoms with Crippen molar-refractivity contribution < 1.29 is 19.3 Å². The van der Waals surface area contributed by atoms with Crippen LogP contribution in [-0.2, 0) is 9.59 Å². The number of carbonyl (C=O) groups is 3. The molecular formula is C19H31N4O3+. The van der Waals surface area contributed by atoms with Crippen molar-refractivity contribution in [1.82, 2.24) is 10.6 Å². The molecule has 0 saturated heterocycles. The van der Waals surface area contributed by atoms with E-state index in [1.165, 1.54) is 0 Å². The molecule has 1 aromatic carbocycles. The third-order valence-corrected chi connectivity index (χ3v) is 3.93. The van der Waals surface area contributed by atoms with Gasteiger partial charge in [-0.15, -0.1) is 0 Å². The van der Waals surface area contributed by atoms with Crippen LogP contribution in [0.2, 0.25) is 0 Å². The van der Waals surface area contributed by atoms with Crippen LogP contribution in [0.3, 0.4) is 0 Å². The summed E-state index contributed by atoms with van der Waals surface area (Å²) in [6.45, 7) is 8.66. The average molecular weight is 363 g/mol. The van der Waals surface area contributed by atoms with Crippen LogP contribution in [0.4, 0.5) is 10.5 Å². The van der Waals surface area contributed by atoms with Gasteiger partial charge in [-0.3, -0.25) is 14.9 Å². The molecule has 0 radical (unpaired) electrons. The maximum atomic E-state index is 12.2. The number of rotatable bonds is 8. The highest BCUT2D eigenvalue weighted by Crippen LogP contribution is 2.21. The second-order valence-electron chi connectivity index (χ2n) is 6.79. The number of hydrogen-bond acceptors (Lipinski definition) is 3. The molecule has 26 heavy (non-hydrogen) atoms. The Kier molecular flexibility index (Phi) is 8.78. The number of carbonyl (C=O) groups excluding carboxylic acids is 3. The van der Waals surface area contributed by atoms with E-state index in [1.807, 2.05) is 39.8 Å². The summed E-state index contributed by atoms with van der Waals surface area (Å²) >= 11 is 0. The van der Waals surface area contributed by atoms with Crippen molar-refractivity contribution in [3.8, 4) is 0 Å². The molecule has 1 unspecified atom stereocenters. The lowest BCUT2D eigenvalue weighted by Gasteiger charge is -2.16. The van der Waals surface area contributed by atoms with Gasteiger partial charge in [0.25, 0.3) is 11.8 Å². The molecule has 0 aliphatic carbocycles. The summed E-state index contributed by atoms with van der Waals surface area (Å²) in [7, 11) is 1.74. The van der Waals surface area contributed by atoms with E-state index in [9.17, 15) is 14.4 Å². The highest BCUT2D eigenvalue weighted by atomic mass is 16.2. The number of nitrogens with one attached hydrogen (secondary N) is 4. The van der Waals surface area contributed by atoms with Crippen LogP contribution in [0, 0.1) is 20.8 Å². The summed E-state index contributed by atoms with van der Waals surface area (Å²) in [4.78, 5) is 36.3. The molecule has 0 fully saturated rings. The molecule has 4 N–H and O–H groups in total. The molecule has 0 heterocycles. The number of anilines is 1. The van der Waals surface area contributed by atoms with Crippen molar-refractivity contribution in [2.75, 3.05) is 32.0 Å². The summed E-state index contributed by atoms with van der Waals surface area (Å²) in [5, 5.41) is 7.81. The quantitative estimate of drug-likeness (QED) is 0.512. The van der Waals surface area contributed by atoms with Gasteiger partial charge in [0.05, 0.1) is 7.05 Å².